The maximum atomic E-state index is 10.1. The van der Waals surface area contributed by atoms with Crippen molar-refractivity contribution in [2.45, 2.75) is 0 Å². The molecule has 1 aliphatic rings. The van der Waals surface area contributed by atoms with Crippen molar-refractivity contribution >= 4 is 17.0 Å². The third-order valence-electron chi connectivity index (χ3n) is 0.538. The van der Waals surface area contributed by atoms with Crippen LogP contribution in [0.4, 0.5) is 0 Å². The second kappa shape index (κ2) is 1.73. The SMILES string of the molecule is O=[P+]1OCOS1(=O)=O. The predicted octanol–water partition coefficient (Wildman–Crippen LogP) is -0.0221. The minimum atomic E-state index is -3.84. The van der Waals surface area contributed by atoms with Crippen molar-refractivity contribution < 1.29 is 21.7 Å². The first-order chi connectivity index (χ1) is 3.63. The van der Waals surface area contributed by atoms with E-state index in [9.17, 15) is 13.0 Å². The molecule has 0 saturated carbocycles. The summed E-state index contributed by atoms with van der Waals surface area (Å²) in [6.07, 6.45) is 0. The maximum Gasteiger partial charge on any atom is 0.674 e. The quantitative estimate of drug-likeness (QED) is 0.462. The molecule has 46 valence electrons. The number of hydrogen-bond donors (Lipinski definition) is 0. The van der Waals surface area contributed by atoms with Gasteiger partial charge in [0.15, 0.2) is 0 Å². The second-order valence-corrected chi connectivity index (χ2v) is 5.05. The molecular formula is CH2O5PS+. The lowest BCUT2D eigenvalue weighted by molar-refractivity contribution is 0.164. The van der Waals surface area contributed by atoms with Crippen molar-refractivity contribution in [3.8, 4) is 0 Å². The van der Waals surface area contributed by atoms with Crippen LogP contribution in [0, 0.1) is 0 Å². The van der Waals surface area contributed by atoms with E-state index < -0.39 is 23.8 Å². The van der Waals surface area contributed by atoms with Gasteiger partial charge in [0.1, 0.15) is 0 Å². The zero-order chi connectivity index (χ0) is 6.20. The first kappa shape index (κ1) is 6.10. The summed E-state index contributed by atoms with van der Waals surface area (Å²) < 4.78 is 38.4. The van der Waals surface area contributed by atoms with Crippen LogP contribution in [-0.2, 0) is 23.0 Å². The summed E-state index contributed by atoms with van der Waals surface area (Å²) in [6, 6.07) is 0. The molecule has 0 bridgehead atoms. The highest BCUT2D eigenvalue weighted by Crippen LogP contribution is 2.37. The summed E-state index contributed by atoms with van der Waals surface area (Å²) in [6.45, 7) is -0.419. The molecular weight excluding hydrogens is 155 g/mol. The van der Waals surface area contributed by atoms with Gasteiger partial charge in [-0.05, 0) is 4.57 Å². The molecule has 0 aromatic carbocycles. The van der Waals surface area contributed by atoms with E-state index in [4.69, 9.17) is 0 Å². The molecule has 7 heteroatoms. The van der Waals surface area contributed by atoms with Gasteiger partial charge in [-0.3, -0.25) is 0 Å². The Balaban J connectivity index is 3.02. The third-order valence-corrected chi connectivity index (χ3v) is 3.34. The Labute approximate surface area is 46.3 Å². The molecule has 1 unspecified atom stereocenters. The molecule has 1 heterocycles. The summed E-state index contributed by atoms with van der Waals surface area (Å²) in [5.74, 6) is 0. The average Bonchev–Trinajstić information content (AvgIpc) is 1.86. The third kappa shape index (κ3) is 0.877. The Morgan fingerprint density at radius 1 is 1.50 bits per heavy atom. The van der Waals surface area contributed by atoms with Crippen LogP contribution in [0.2, 0.25) is 0 Å². The zero-order valence-corrected chi connectivity index (χ0v) is 5.31. The van der Waals surface area contributed by atoms with Crippen molar-refractivity contribution in [3.05, 3.63) is 0 Å². The number of hydrogen-bond acceptors (Lipinski definition) is 5. The number of rotatable bonds is 0. The second-order valence-electron chi connectivity index (χ2n) is 1.02. The normalized spacial score (nSPS) is 30.8. The van der Waals surface area contributed by atoms with E-state index in [1.807, 2.05) is 0 Å². The van der Waals surface area contributed by atoms with Crippen LogP contribution in [0.15, 0.2) is 0 Å². The van der Waals surface area contributed by atoms with E-state index in [1.165, 1.54) is 0 Å². The monoisotopic (exact) mass is 157 g/mol. The fourth-order valence-corrected chi connectivity index (χ4v) is 1.73. The molecule has 0 radical (unpaired) electrons. The predicted molar refractivity (Wildman–Crippen MR) is 23.6 cm³/mol. The molecule has 0 aliphatic carbocycles. The summed E-state index contributed by atoms with van der Waals surface area (Å²) in [4.78, 5) is 0. The largest absolute Gasteiger partial charge is 0.674 e. The van der Waals surface area contributed by atoms with Gasteiger partial charge in [-0.25, -0.2) is 0 Å². The van der Waals surface area contributed by atoms with Gasteiger partial charge in [0.2, 0.25) is 6.79 Å². The van der Waals surface area contributed by atoms with Gasteiger partial charge in [0.25, 0.3) is 0 Å². The molecule has 0 N–H and O–H groups in total. The average molecular weight is 157 g/mol. The highest BCUT2D eigenvalue weighted by molar-refractivity contribution is 8.42. The lowest BCUT2D eigenvalue weighted by Gasteiger charge is -1.68. The van der Waals surface area contributed by atoms with Crippen molar-refractivity contribution in [2.24, 2.45) is 0 Å². The molecule has 0 aromatic rings. The van der Waals surface area contributed by atoms with Gasteiger partial charge in [0, 0.05) is 0 Å². The topological polar surface area (TPSA) is 69.7 Å². The Bertz CT molecular complexity index is 202. The molecule has 0 aromatic heterocycles. The van der Waals surface area contributed by atoms with E-state index in [-0.39, 0.29) is 0 Å². The van der Waals surface area contributed by atoms with E-state index >= 15 is 0 Å². The zero-order valence-electron chi connectivity index (χ0n) is 3.60. The van der Waals surface area contributed by atoms with Gasteiger partial charge < -0.3 is 0 Å². The fourth-order valence-electron chi connectivity index (χ4n) is 0.233. The molecule has 1 atom stereocenters. The molecule has 0 spiro atoms. The summed E-state index contributed by atoms with van der Waals surface area (Å²) in [5.41, 5.74) is 0. The van der Waals surface area contributed by atoms with E-state index in [2.05, 4.69) is 8.71 Å². The minimum Gasteiger partial charge on any atom is -0.196 e. The van der Waals surface area contributed by atoms with Crippen molar-refractivity contribution in [1.82, 2.24) is 0 Å². The first-order valence-electron chi connectivity index (χ1n) is 1.63. The van der Waals surface area contributed by atoms with Crippen LogP contribution in [-0.4, -0.2) is 15.2 Å². The van der Waals surface area contributed by atoms with E-state index in [0.29, 0.717) is 0 Å². The van der Waals surface area contributed by atoms with Gasteiger partial charge in [0.05, 0.1) is 0 Å². The van der Waals surface area contributed by atoms with E-state index in [0.717, 1.165) is 0 Å². The van der Waals surface area contributed by atoms with Crippen molar-refractivity contribution in [1.29, 1.82) is 0 Å². The summed E-state index contributed by atoms with van der Waals surface area (Å²) in [5, 5.41) is 0. The van der Waals surface area contributed by atoms with Crippen LogP contribution in [0.1, 0.15) is 0 Å². The lowest BCUT2D eigenvalue weighted by Crippen LogP contribution is -1.88. The lowest BCUT2D eigenvalue weighted by atomic mass is 11.6. The highest BCUT2D eigenvalue weighted by atomic mass is 32.8. The van der Waals surface area contributed by atoms with Crippen LogP contribution < -0.4 is 0 Å². The Morgan fingerprint density at radius 2 is 2.12 bits per heavy atom. The molecule has 1 rings (SSSR count). The molecule has 0 amide bonds. The highest BCUT2D eigenvalue weighted by Gasteiger charge is 2.47. The van der Waals surface area contributed by atoms with Gasteiger partial charge in [-0.15, -0.1) is 12.9 Å². The van der Waals surface area contributed by atoms with E-state index in [1.54, 1.807) is 0 Å². The smallest absolute Gasteiger partial charge is 0.196 e. The molecule has 1 fully saturated rings. The summed E-state index contributed by atoms with van der Waals surface area (Å²) >= 11 is 0. The van der Waals surface area contributed by atoms with Gasteiger partial charge in [-0.2, -0.15) is 4.18 Å². The maximum absolute atomic E-state index is 10.1. The Morgan fingerprint density at radius 3 is 2.25 bits per heavy atom. The van der Waals surface area contributed by atoms with Gasteiger partial charge in [-0.1, -0.05) is 0 Å². The Kier molecular flexibility index (Phi) is 1.32. The van der Waals surface area contributed by atoms with Crippen LogP contribution >= 0.6 is 7.23 Å². The minimum absolute atomic E-state index is 0.419. The Hall–Kier alpha value is -0.0300. The van der Waals surface area contributed by atoms with Crippen LogP contribution in [0.25, 0.3) is 0 Å². The summed E-state index contributed by atoms with van der Waals surface area (Å²) in [7, 11) is -6.45. The molecule has 8 heavy (non-hydrogen) atoms. The standard InChI is InChI=1S/CH2O5PS/c2-7-5-1-6-8(7,3)4/h1H2/q+1. The fraction of sp³-hybridized carbons (Fsp3) is 1.00. The van der Waals surface area contributed by atoms with Crippen LogP contribution in [0.5, 0.6) is 0 Å². The molecule has 1 saturated heterocycles. The van der Waals surface area contributed by atoms with Crippen molar-refractivity contribution in [2.75, 3.05) is 6.79 Å². The molecule has 1 aliphatic heterocycles. The first-order valence-corrected chi connectivity index (χ1v) is 4.82. The molecule has 5 nitrogen and oxygen atoms in total. The van der Waals surface area contributed by atoms with Crippen molar-refractivity contribution in [3.63, 3.8) is 0 Å². The van der Waals surface area contributed by atoms with Gasteiger partial charge >= 0.3 is 17.0 Å². The van der Waals surface area contributed by atoms with Crippen LogP contribution in [0.3, 0.4) is 0 Å².